The van der Waals surface area contributed by atoms with Crippen molar-refractivity contribution in [3.8, 4) is 22.2 Å². The van der Waals surface area contributed by atoms with Crippen molar-refractivity contribution in [1.82, 2.24) is 20.0 Å². The molecule has 6 nitrogen and oxygen atoms in total. The molecule has 1 atom stereocenters. The number of likely N-dealkylation sites (tertiary alicyclic amines) is 1. The predicted octanol–water partition coefficient (Wildman–Crippen LogP) is 5.28. The van der Waals surface area contributed by atoms with Gasteiger partial charge in [-0.1, -0.05) is 17.3 Å². The van der Waals surface area contributed by atoms with Gasteiger partial charge < -0.3 is 8.94 Å². The topological polar surface area (TPSA) is 68.2 Å². The highest BCUT2D eigenvalue weighted by Gasteiger charge is 2.27. The van der Waals surface area contributed by atoms with Crippen molar-refractivity contribution in [2.45, 2.75) is 32.2 Å². The summed E-state index contributed by atoms with van der Waals surface area (Å²) in [5.41, 5.74) is 1.66. The minimum Gasteiger partial charge on any atom is -0.459 e. The van der Waals surface area contributed by atoms with Gasteiger partial charge in [-0.25, -0.2) is 9.37 Å². The molecule has 0 aliphatic carbocycles. The van der Waals surface area contributed by atoms with Gasteiger partial charge in [0, 0.05) is 24.0 Å². The van der Waals surface area contributed by atoms with E-state index in [0.29, 0.717) is 17.3 Å². The molecule has 0 bridgehead atoms. The Labute approximate surface area is 177 Å². The van der Waals surface area contributed by atoms with Crippen LogP contribution in [-0.4, -0.2) is 33.1 Å². The number of hydrogen-bond acceptors (Lipinski definition) is 7. The van der Waals surface area contributed by atoms with Gasteiger partial charge in [0.15, 0.2) is 10.8 Å². The Kier molecular flexibility index (Phi) is 5.18. The lowest BCUT2D eigenvalue weighted by molar-refractivity contribution is 0.179. The largest absolute Gasteiger partial charge is 0.459 e. The molecule has 1 saturated heterocycles. The molecular weight excluding hydrogens is 403 g/mol. The van der Waals surface area contributed by atoms with Crippen LogP contribution in [0.3, 0.4) is 0 Å². The van der Waals surface area contributed by atoms with Crippen LogP contribution < -0.4 is 0 Å². The Bertz CT molecular complexity index is 1150. The van der Waals surface area contributed by atoms with Crippen LogP contribution >= 0.6 is 11.3 Å². The first-order valence-corrected chi connectivity index (χ1v) is 10.8. The zero-order valence-corrected chi connectivity index (χ0v) is 17.4. The summed E-state index contributed by atoms with van der Waals surface area (Å²) in [6.07, 6.45) is 2.05. The van der Waals surface area contributed by atoms with Crippen LogP contribution in [0.5, 0.6) is 0 Å². The number of furan rings is 1. The minimum absolute atomic E-state index is 0.166. The summed E-state index contributed by atoms with van der Waals surface area (Å²) in [5, 5.41) is 7.05. The molecule has 5 rings (SSSR count). The molecule has 0 amide bonds. The third-order valence-electron chi connectivity index (χ3n) is 5.27. The molecule has 154 valence electrons. The molecule has 1 unspecified atom stereocenters. The molecule has 4 aromatic rings. The molecule has 0 radical (unpaired) electrons. The summed E-state index contributed by atoms with van der Waals surface area (Å²) < 4.78 is 24.7. The highest BCUT2D eigenvalue weighted by atomic mass is 32.1. The first kappa shape index (κ1) is 19.1. The summed E-state index contributed by atoms with van der Waals surface area (Å²) in [6, 6.07) is 10.2. The number of piperidine rings is 1. The van der Waals surface area contributed by atoms with Gasteiger partial charge in [0.05, 0.1) is 11.6 Å². The van der Waals surface area contributed by atoms with Gasteiger partial charge >= 0.3 is 0 Å². The van der Waals surface area contributed by atoms with Crippen molar-refractivity contribution >= 4 is 11.3 Å². The number of aryl methyl sites for hydroxylation is 1. The highest BCUT2D eigenvalue weighted by molar-refractivity contribution is 7.13. The van der Waals surface area contributed by atoms with Crippen LogP contribution in [0.25, 0.3) is 22.2 Å². The molecule has 4 heterocycles. The summed E-state index contributed by atoms with van der Waals surface area (Å²) in [6.45, 7) is 4.55. The van der Waals surface area contributed by atoms with Crippen LogP contribution in [0.2, 0.25) is 0 Å². The van der Waals surface area contributed by atoms with Gasteiger partial charge in [0.2, 0.25) is 11.7 Å². The zero-order valence-electron chi connectivity index (χ0n) is 16.5. The highest BCUT2D eigenvalue weighted by Crippen LogP contribution is 2.30. The smallest absolute Gasteiger partial charge is 0.231 e. The number of benzene rings is 1. The fourth-order valence-electron chi connectivity index (χ4n) is 3.82. The summed E-state index contributed by atoms with van der Waals surface area (Å²) in [5.74, 6) is 2.60. The van der Waals surface area contributed by atoms with E-state index in [1.54, 1.807) is 23.5 Å². The Balaban J connectivity index is 1.26. The molecule has 1 fully saturated rings. The van der Waals surface area contributed by atoms with E-state index >= 15 is 0 Å². The lowest BCUT2D eigenvalue weighted by Gasteiger charge is -2.30. The van der Waals surface area contributed by atoms with Gasteiger partial charge in [-0.2, -0.15) is 4.98 Å². The van der Waals surface area contributed by atoms with Gasteiger partial charge in [-0.05, 0) is 50.6 Å². The number of halogens is 1. The van der Waals surface area contributed by atoms with Crippen molar-refractivity contribution in [2.75, 3.05) is 13.1 Å². The van der Waals surface area contributed by atoms with Crippen molar-refractivity contribution < 1.29 is 13.3 Å². The monoisotopic (exact) mass is 424 g/mol. The normalized spacial score (nSPS) is 17.5. The summed E-state index contributed by atoms with van der Waals surface area (Å²) >= 11 is 1.60. The molecule has 1 aliphatic rings. The van der Waals surface area contributed by atoms with E-state index < -0.39 is 0 Å². The minimum atomic E-state index is -0.310. The SMILES string of the molecule is Cc1ccc(-c2nc(CN3CCCC(c4nc(-c5cccc(F)c5)no4)C3)cs2)o1. The fraction of sp³-hybridized carbons (Fsp3) is 0.318. The second kappa shape index (κ2) is 8.12. The van der Waals surface area contributed by atoms with Crippen molar-refractivity contribution in [2.24, 2.45) is 0 Å². The van der Waals surface area contributed by atoms with E-state index in [9.17, 15) is 4.39 Å². The van der Waals surface area contributed by atoms with Crippen LogP contribution in [0, 0.1) is 12.7 Å². The number of nitrogens with zero attached hydrogens (tertiary/aromatic N) is 4. The molecular formula is C22H21FN4O2S. The van der Waals surface area contributed by atoms with Crippen molar-refractivity contribution in [1.29, 1.82) is 0 Å². The number of thiazole rings is 1. The standard InChI is InChI=1S/C22H21FN4O2S/c1-14-7-8-19(28-14)22-24-18(13-30-22)12-27-9-3-5-16(11-27)21-25-20(26-29-21)15-4-2-6-17(23)10-15/h2,4,6-8,10,13,16H,3,5,9,11-12H2,1H3. The molecule has 0 saturated carbocycles. The number of hydrogen-bond donors (Lipinski definition) is 0. The van der Waals surface area contributed by atoms with E-state index in [2.05, 4.69) is 20.4 Å². The maximum Gasteiger partial charge on any atom is 0.231 e. The quantitative estimate of drug-likeness (QED) is 0.434. The molecule has 1 aliphatic heterocycles. The van der Waals surface area contributed by atoms with Crippen LogP contribution in [0.15, 0.2) is 50.7 Å². The fourth-order valence-corrected chi connectivity index (χ4v) is 4.59. The first-order chi connectivity index (χ1) is 14.6. The second-order valence-electron chi connectivity index (χ2n) is 7.60. The number of aromatic nitrogens is 3. The third-order valence-corrected chi connectivity index (χ3v) is 6.17. The van der Waals surface area contributed by atoms with E-state index in [-0.39, 0.29) is 11.7 Å². The van der Waals surface area contributed by atoms with E-state index in [4.69, 9.17) is 13.9 Å². The van der Waals surface area contributed by atoms with Crippen LogP contribution in [0.1, 0.15) is 36.1 Å². The number of rotatable bonds is 5. The third kappa shape index (κ3) is 4.06. The van der Waals surface area contributed by atoms with Crippen molar-refractivity contribution in [3.63, 3.8) is 0 Å². The maximum absolute atomic E-state index is 13.5. The molecule has 3 aromatic heterocycles. The average Bonchev–Trinajstić information content (AvgIpc) is 3.49. The van der Waals surface area contributed by atoms with E-state index in [0.717, 1.165) is 54.7 Å². The van der Waals surface area contributed by atoms with Crippen molar-refractivity contribution in [3.05, 3.63) is 64.9 Å². The Morgan fingerprint density at radius 1 is 1.23 bits per heavy atom. The molecule has 1 aromatic carbocycles. The lowest BCUT2D eigenvalue weighted by atomic mass is 9.98. The molecule has 8 heteroatoms. The van der Waals surface area contributed by atoms with Gasteiger partial charge in [0.1, 0.15) is 11.6 Å². The van der Waals surface area contributed by atoms with Gasteiger partial charge in [0.25, 0.3) is 0 Å². The van der Waals surface area contributed by atoms with E-state index in [1.807, 2.05) is 19.1 Å². The zero-order chi connectivity index (χ0) is 20.5. The Hall–Kier alpha value is -2.84. The summed E-state index contributed by atoms with van der Waals surface area (Å²) in [4.78, 5) is 11.6. The Morgan fingerprint density at radius 3 is 3.00 bits per heavy atom. The first-order valence-electron chi connectivity index (χ1n) is 9.97. The Morgan fingerprint density at radius 2 is 2.17 bits per heavy atom. The van der Waals surface area contributed by atoms with Gasteiger partial charge in [-0.15, -0.1) is 11.3 Å². The van der Waals surface area contributed by atoms with E-state index in [1.165, 1.54) is 12.1 Å². The predicted molar refractivity (Wildman–Crippen MR) is 111 cm³/mol. The molecule has 0 spiro atoms. The summed E-state index contributed by atoms with van der Waals surface area (Å²) in [7, 11) is 0. The lowest BCUT2D eigenvalue weighted by Crippen LogP contribution is -2.34. The van der Waals surface area contributed by atoms with Crippen LogP contribution in [0.4, 0.5) is 4.39 Å². The second-order valence-corrected chi connectivity index (χ2v) is 8.45. The molecule has 30 heavy (non-hydrogen) atoms. The maximum atomic E-state index is 13.5. The molecule has 0 N–H and O–H groups in total. The van der Waals surface area contributed by atoms with Gasteiger partial charge in [-0.3, -0.25) is 4.90 Å². The van der Waals surface area contributed by atoms with Crippen LogP contribution in [-0.2, 0) is 6.54 Å². The average molecular weight is 425 g/mol.